The molecule has 0 aliphatic carbocycles. The van der Waals surface area contributed by atoms with Gasteiger partial charge < -0.3 is 9.80 Å². The molecule has 1 fully saturated rings. The van der Waals surface area contributed by atoms with Crippen LogP contribution in [-0.2, 0) is 6.42 Å². The van der Waals surface area contributed by atoms with Gasteiger partial charge in [-0.2, -0.15) is 0 Å². The van der Waals surface area contributed by atoms with E-state index < -0.39 is 0 Å². The topological polar surface area (TPSA) is 66.6 Å². The molecule has 3 aromatic rings. The molecule has 3 aromatic heterocycles. The average molecular weight is 362 g/mol. The van der Waals surface area contributed by atoms with E-state index in [1.54, 1.807) is 0 Å². The number of carbonyl (C=O) groups excluding carboxylic acids is 1. The largest absolute Gasteiger partial charge is 0.359 e. The Kier molecular flexibility index (Phi) is 3.81. The molecule has 2 aliphatic heterocycles. The summed E-state index contributed by atoms with van der Waals surface area (Å²) in [5, 5.41) is 8.66. The lowest BCUT2D eigenvalue weighted by Crippen LogP contribution is -2.40. The van der Waals surface area contributed by atoms with Crippen LogP contribution in [0.3, 0.4) is 0 Å². The smallest absolute Gasteiger partial charge is 0.272 e. The Labute approximate surface area is 157 Å². The number of likely N-dealkylation sites (N-methyl/N-ethyl adjacent to an activating group) is 1. The van der Waals surface area contributed by atoms with Crippen molar-refractivity contribution in [1.82, 2.24) is 24.5 Å². The van der Waals surface area contributed by atoms with Gasteiger partial charge in [-0.15, -0.1) is 10.2 Å². The molecule has 138 valence electrons. The van der Waals surface area contributed by atoms with Gasteiger partial charge in [0.2, 0.25) is 0 Å². The number of carbonyl (C=O) groups is 1. The second-order valence-corrected chi connectivity index (χ2v) is 7.43. The molecule has 1 unspecified atom stereocenters. The monoisotopic (exact) mass is 362 g/mol. The van der Waals surface area contributed by atoms with Gasteiger partial charge in [-0.1, -0.05) is 12.1 Å². The van der Waals surface area contributed by atoms with E-state index >= 15 is 0 Å². The van der Waals surface area contributed by atoms with Gasteiger partial charge in [-0.05, 0) is 43.0 Å². The summed E-state index contributed by atoms with van der Waals surface area (Å²) in [6, 6.07) is 9.81. The standard InChI is InChI=1S/C20H22N6O/c1-24-12-9-14-7-8-16(21-18(14)24)20(27)25-10-4-5-15(13-25)19-23-22-17-6-2-3-11-26(17)19/h2-3,6-8,11,15H,4-5,9-10,12-13H2,1H3. The fourth-order valence-electron chi connectivity index (χ4n) is 4.19. The van der Waals surface area contributed by atoms with E-state index in [2.05, 4.69) is 20.1 Å². The molecule has 0 bridgehead atoms. The first-order valence-corrected chi connectivity index (χ1v) is 9.51. The number of anilines is 1. The first-order chi connectivity index (χ1) is 13.2. The lowest BCUT2D eigenvalue weighted by Gasteiger charge is -2.31. The molecular formula is C20H22N6O. The summed E-state index contributed by atoms with van der Waals surface area (Å²) in [6.45, 7) is 2.38. The number of hydrogen-bond donors (Lipinski definition) is 0. The van der Waals surface area contributed by atoms with Crippen molar-refractivity contribution in [2.24, 2.45) is 0 Å². The Morgan fingerprint density at radius 1 is 1.15 bits per heavy atom. The molecule has 2 aliphatic rings. The molecule has 5 rings (SSSR count). The van der Waals surface area contributed by atoms with E-state index in [9.17, 15) is 4.79 Å². The van der Waals surface area contributed by atoms with Crippen molar-refractivity contribution in [2.45, 2.75) is 25.2 Å². The second kappa shape index (κ2) is 6.33. The van der Waals surface area contributed by atoms with Crippen LogP contribution in [0.1, 0.15) is 40.6 Å². The second-order valence-electron chi connectivity index (χ2n) is 7.43. The molecule has 27 heavy (non-hydrogen) atoms. The molecule has 0 aromatic carbocycles. The van der Waals surface area contributed by atoms with E-state index in [4.69, 9.17) is 0 Å². The summed E-state index contributed by atoms with van der Waals surface area (Å²) in [7, 11) is 2.03. The SMILES string of the molecule is CN1CCc2ccc(C(=O)N3CCCC(c4nnc5ccccn45)C3)nc21. The minimum Gasteiger partial charge on any atom is -0.359 e. The predicted molar refractivity (Wildman–Crippen MR) is 102 cm³/mol. The molecule has 7 heteroatoms. The number of amides is 1. The number of pyridine rings is 2. The summed E-state index contributed by atoms with van der Waals surface area (Å²) in [5.41, 5.74) is 2.61. The Bertz CT molecular complexity index is 1010. The summed E-state index contributed by atoms with van der Waals surface area (Å²) in [5.74, 6) is 2.08. The van der Waals surface area contributed by atoms with Gasteiger partial charge in [-0.25, -0.2) is 4.98 Å². The third kappa shape index (κ3) is 2.74. The number of fused-ring (bicyclic) bond motifs is 2. The summed E-state index contributed by atoms with van der Waals surface area (Å²) in [6.07, 6.45) is 4.96. The third-order valence-electron chi connectivity index (χ3n) is 5.67. The van der Waals surface area contributed by atoms with Gasteiger partial charge in [-0.3, -0.25) is 9.20 Å². The van der Waals surface area contributed by atoms with Crippen molar-refractivity contribution < 1.29 is 4.79 Å². The van der Waals surface area contributed by atoms with E-state index in [1.165, 1.54) is 5.56 Å². The number of rotatable bonds is 2. The fraction of sp³-hybridized carbons (Fsp3) is 0.400. The number of nitrogens with zero attached hydrogens (tertiary/aromatic N) is 6. The first kappa shape index (κ1) is 16.2. The molecule has 0 radical (unpaired) electrons. The van der Waals surface area contributed by atoms with E-state index in [-0.39, 0.29) is 11.8 Å². The van der Waals surface area contributed by atoms with Gasteiger partial charge >= 0.3 is 0 Å². The van der Waals surface area contributed by atoms with Crippen LogP contribution in [0, 0.1) is 0 Å². The summed E-state index contributed by atoms with van der Waals surface area (Å²) in [4.78, 5) is 21.8. The lowest BCUT2D eigenvalue weighted by molar-refractivity contribution is 0.0698. The van der Waals surface area contributed by atoms with Crippen molar-refractivity contribution in [3.63, 3.8) is 0 Å². The van der Waals surface area contributed by atoms with Crippen LogP contribution in [0.25, 0.3) is 5.65 Å². The molecule has 1 saturated heterocycles. The number of hydrogen-bond acceptors (Lipinski definition) is 5. The highest BCUT2D eigenvalue weighted by atomic mass is 16.2. The Hall–Kier alpha value is -2.96. The molecule has 0 saturated carbocycles. The molecule has 1 atom stereocenters. The first-order valence-electron chi connectivity index (χ1n) is 9.51. The molecule has 5 heterocycles. The minimum absolute atomic E-state index is 0.0108. The summed E-state index contributed by atoms with van der Waals surface area (Å²) >= 11 is 0. The van der Waals surface area contributed by atoms with Crippen LogP contribution in [0.2, 0.25) is 0 Å². The lowest BCUT2D eigenvalue weighted by atomic mass is 9.97. The van der Waals surface area contributed by atoms with Gasteiger partial charge in [0.1, 0.15) is 17.3 Å². The van der Waals surface area contributed by atoms with Crippen LogP contribution in [-0.4, -0.2) is 57.1 Å². The van der Waals surface area contributed by atoms with Crippen molar-refractivity contribution in [1.29, 1.82) is 0 Å². The highest BCUT2D eigenvalue weighted by Gasteiger charge is 2.29. The van der Waals surface area contributed by atoms with Crippen molar-refractivity contribution in [3.8, 4) is 0 Å². The average Bonchev–Trinajstić information content (AvgIpc) is 3.31. The van der Waals surface area contributed by atoms with Crippen molar-refractivity contribution in [2.75, 3.05) is 31.6 Å². The highest BCUT2D eigenvalue weighted by Crippen LogP contribution is 2.28. The molecular weight excluding hydrogens is 340 g/mol. The van der Waals surface area contributed by atoms with Gasteiger partial charge in [0, 0.05) is 38.8 Å². The number of piperidine rings is 1. The van der Waals surface area contributed by atoms with Gasteiger partial charge in [0.15, 0.2) is 5.65 Å². The quantitative estimate of drug-likeness (QED) is 0.699. The zero-order valence-corrected chi connectivity index (χ0v) is 15.4. The molecule has 7 nitrogen and oxygen atoms in total. The van der Waals surface area contributed by atoms with Gasteiger partial charge in [0.25, 0.3) is 5.91 Å². The Morgan fingerprint density at radius 3 is 3.00 bits per heavy atom. The molecule has 1 amide bonds. The molecule has 0 spiro atoms. The van der Waals surface area contributed by atoms with Crippen LogP contribution in [0.5, 0.6) is 0 Å². The van der Waals surface area contributed by atoms with Crippen LogP contribution >= 0.6 is 0 Å². The zero-order valence-electron chi connectivity index (χ0n) is 15.4. The zero-order chi connectivity index (χ0) is 18.4. The maximum Gasteiger partial charge on any atom is 0.272 e. The maximum absolute atomic E-state index is 13.1. The Balaban J connectivity index is 1.40. The number of aromatic nitrogens is 4. The van der Waals surface area contributed by atoms with Crippen molar-refractivity contribution >= 4 is 17.4 Å². The minimum atomic E-state index is 0.0108. The number of likely N-dealkylation sites (tertiary alicyclic amines) is 1. The van der Waals surface area contributed by atoms with Crippen molar-refractivity contribution in [3.05, 3.63) is 53.6 Å². The van der Waals surface area contributed by atoms with Crippen LogP contribution in [0.4, 0.5) is 5.82 Å². The van der Waals surface area contributed by atoms with Gasteiger partial charge in [0.05, 0.1) is 0 Å². The van der Waals surface area contributed by atoms with E-state index in [0.717, 1.165) is 49.6 Å². The Morgan fingerprint density at radius 2 is 2.07 bits per heavy atom. The maximum atomic E-state index is 13.1. The molecule has 0 N–H and O–H groups in total. The fourth-order valence-corrected chi connectivity index (χ4v) is 4.19. The van der Waals surface area contributed by atoms with Crippen LogP contribution in [0.15, 0.2) is 36.5 Å². The predicted octanol–water partition coefficient (Wildman–Crippen LogP) is 2.14. The van der Waals surface area contributed by atoms with E-state index in [0.29, 0.717) is 12.2 Å². The highest BCUT2D eigenvalue weighted by molar-refractivity contribution is 5.93. The van der Waals surface area contributed by atoms with Crippen LogP contribution < -0.4 is 4.90 Å². The normalized spacial score (nSPS) is 19.5. The van der Waals surface area contributed by atoms with E-state index in [1.807, 2.05) is 52.9 Å². The summed E-state index contributed by atoms with van der Waals surface area (Å²) < 4.78 is 2.03. The third-order valence-corrected chi connectivity index (χ3v) is 5.67.